The number of alkyl halides is 3. The zero-order chi connectivity index (χ0) is 15.2. The average molecular weight is 293 g/mol. The molecule has 20 heavy (non-hydrogen) atoms. The molecule has 0 saturated carbocycles. The van der Waals surface area contributed by atoms with E-state index in [1.807, 2.05) is 0 Å². The van der Waals surface area contributed by atoms with Crippen LogP contribution in [-0.2, 0) is 6.54 Å². The second-order valence-corrected chi connectivity index (χ2v) is 4.40. The van der Waals surface area contributed by atoms with E-state index in [9.17, 15) is 18.3 Å². The van der Waals surface area contributed by atoms with Crippen LogP contribution in [-0.4, -0.2) is 48.1 Å². The molecule has 1 aromatic carbocycles. The Kier molecular flexibility index (Phi) is 6.09. The Bertz CT molecular complexity index is 424. The number of halogens is 3. The number of ether oxygens (including phenoxy) is 1. The molecule has 7 heteroatoms. The summed E-state index contributed by atoms with van der Waals surface area (Å²) in [4.78, 5) is 1.13. The number of benzene rings is 1. The summed E-state index contributed by atoms with van der Waals surface area (Å²) in [6.07, 6.45) is -4.09. The molecule has 0 aliphatic heterocycles. The molecule has 0 saturated heterocycles. The van der Waals surface area contributed by atoms with Crippen LogP contribution in [0.25, 0.3) is 0 Å². The van der Waals surface area contributed by atoms with E-state index >= 15 is 0 Å². The van der Waals surface area contributed by atoms with Crippen molar-refractivity contribution in [3.05, 3.63) is 23.8 Å². The van der Waals surface area contributed by atoms with Gasteiger partial charge in [0, 0.05) is 25.3 Å². The minimum absolute atomic E-state index is 0.0669. The van der Waals surface area contributed by atoms with Gasteiger partial charge in [-0.25, -0.2) is 0 Å². The number of aliphatic hydroxyl groups is 1. The van der Waals surface area contributed by atoms with Gasteiger partial charge in [0.05, 0.1) is 13.7 Å². The zero-order valence-electron chi connectivity index (χ0n) is 11.2. The average Bonchev–Trinajstić information content (AvgIpc) is 2.36. The van der Waals surface area contributed by atoms with Gasteiger partial charge in [-0.15, -0.1) is 0 Å². The van der Waals surface area contributed by atoms with Crippen LogP contribution in [0.4, 0.5) is 13.2 Å². The van der Waals surface area contributed by atoms with Crippen molar-refractivity contribution in [2.45, 2.75) is 19.1 Å². The van der Waals surface area contributed by atoms with Crippen LogP contribution in [0.15, 0.2) is 18.2 Å². The summed E-state index contributed by atoms with van der Waals surface area (Å²) < 4.78 is 42.5. The largest absolute Gasteiger partial charge is 0.508 e. The Labute approximate surface area is 115 Å². The maximum absolute atomic E-state index is 12.5. The number of phenolic OH excluding ortho intramolecular Hbond substituents is 1. The summed E-state index contributed by atoms with van der Waals surface area (Å²) in [5.41, 5.74) is 0.353. The molecular weight excluding hydrogens is 275 g/mol. The molecule has 0 spiro atoms. The van der Waals surface area contributed by atoms with Crippen LogP contribution >= 0.6 is 0 Å². The lowest BCUT2D eigenvalue weighted by Crippen LogP contribution is -2.34. The van der Waals surface area contributed by atoms with Gasteiger partial charge in [-0.2, -0.15) is 13.2 Å². The van der Waals surface area contributed by atoms with E-state index in [0.717, 1.165) is 4.90 Å². The van der Waals surface area contributed by atoms with Gasteiger partial charge in [-0.3, -0.25) is 4.90 Å². The fraction of sp³-hybridized carbons (Fsp3) is 0.538. The molecule has 0 aromatic heterocycles. The number of aliphatic hydroxyl groups excluding tert-OH is 1. The highest BCUT2D eigenvalue weighted by Crippen LogP contribution is 2.26. The number of hydrogen-bond acceptors (Lipinski definition) is 4. The smallest absolute Gasteiger partial charge is 0.401 e. The predicted octanol–water partition coefficient (Wildman–Crippen LogP) is 2.15. The van der Waals surface area contributed by atoms with Gasteiger partial charge < -0.3 is 14.9 Å². The van der Waals surface area contributed by atoms with Gasteiger partial charge in [0.1, 0.15) is 11.5 Å². The monoisotopic (exact) mass is 293 g/mol. The number of hydrogen-bond donors (Lipinski definition) is 2. The number of rotatable bonds is 7. The molecule has 0 heterocycles. The summed E-state index contributed by atoms with van der Waals surface area (Å²) >= 11 is 0. The molecule has 0 unspecified atom stereocenters. The van der Waals surface area contributed by atoms with E-state index in [2.05, 4.69) is 0 Å². The fourth-order valence-corrected chi connectivity index (χ4v) is 1.82. The van der Waals surface area contributed by atoms with Crippen molar-refractivity contribution in [3.8, 4) is 11.5 Å². The van der Waals surface area contributed by atoms with E-state index < -0.39 is 12.7 Å². The van der Waals surface area contributed by atoms with Crippen molar-refractivity contribution in [3.63, 3.8) is 0 Å². The Morgan fingerprint density at radius 3 is 2.55 bits per heavy atom. The predicted molar refractivity (Wildman–Crippen MR) is 67.7 cm³/mol. The minimum atomic E-state index is -4.33. The Morgan fingerprint density at radius 2 is 2.00 bits per heavy atom. The maximum Gasteiger partial charge on any atom is 0.401 e. The van der Waals surface area contributed by atoms with E-state index in [4.69, 9.17) is 9.84 Å². The van der Waals surface area contributed by atoms with Crippen molar-refractivity contribution in [1.82, 2.24) is 4.90 Å². The Hall–Kier alpha value is -1.47. The summed E-state index contributed by atoms with van der Waals surface area (Å²) in [7, 11) is 1.44. The van der Waals surface area contributed by atoms with Crippen LogP contribution in [0.5, 0.6) is 11.5 Å². The van der Waals surface area contributed by atoms with Crippen LogP contribution in [0.3, 0.4) is 0 Å². The van der Waals surface area contributed by atoms with Crippen molar-refractivity contribution in [2.75, 3.05) is 26.8 Å². The van der Waals surface area contributed by atoms with Gasteiger partial charge in [0.25, 0.3) is 0 Å². The third-order valence-corrected chi connectivity index (χ3v) is 2.72. The van der Waals surface area contributed by atoms with Crippen LogP contribution in [0, 0.1) is 0 Å². The lowest BCUT2D eigenvalue weighted by Gasteiger charge is -2.24. The summed E-state index contributed by atoms with van der Waals surface area (Å²) in [6, 6.07) is 4.41. The molecule has 1 rings (SSSR count). The van der Waals surface area contributed by atoms with E-state index in [0.29, 0.717) is 11.3 Å². The summed E-state index contributed by atoms with van der Waals surface area (Å²) in [5.74, 6) is 0.383. The van der Waals surface area contributed by atoms with Gasteiger partial charge in [-0.1, -0.05) is 0 Å². The van der Waals surface area contributed by atoms with E-state index in [1.165, 1.54) is 25.3 Å². The highest BCUT2D eigenvalue weighted by atomic mass is 19.4. The van der Waals surface area contributed by atoms with Crippen molar-refractivity contribution in [2.24, 2.45) is 0 Å². The molecule has 0 amide bonds. The summed E-state index contributed by atoms with van der Waals surface area (Å²) in [6.45, 7) is -1.25. The molecule has 0 radical (unpaired) electrons. The fourth-order valence-electron chi connectivity index (χ4n) is 1.82. The van der Waals surface area contributed by atoms with Crippen LogP contribution in [0.2, 0.25) is 0 Å². The molecule has 114 valence electrons. The lowest BCUT2D eigenvalue weighted by molar-refractivity contribution is -0.147. The quantitative estimate of drug-likeness (QED) is 0.809. The second-order valence-electron chi connectivity index (χ2n) is 4.40. The first-order valence-corrected chi connectivity index (χ1v) is 6.11. The number of phenols is 1. The molecule has 0 aliphatic rings. The topological polar surface area (TPSA) is 52.9 Å². The SMILES string of the molecule is COc1ccc(O)c(CN(CCCO)CC(F)(F)F)c1. The third-order valence-electron chi connectivity index (χ3n) is 2.72. The molecule has 0 fully saturated rings. The minimum Gasteiger partial charge on any atom is -0.508 e. The molecule has 0 bridgehead atoms. The molecular formula is C13H18F3NO3. The Balaban J connectivity index is 2.82. The van der Waals surface area contributed by atoms with Gasteiger partial charge >= 0.3 is 6.18 Å². The molecule has 0 aliphatic carbocycles. The van der Waals surface area contributed by atoms with Crippen molar-refractivity contribution in [1.29, 1.82) is 0 Å². The van der Waals surface area contributed by atoms with Gasteiger partial charge in [0.2, 0.25) is 0 Å². The zero-order valence-corrected chi connectivity index (χ0v) is 11.2. The molecule has 0 atom stereocenters. The number of nitrogens with zero attached hydrogens (tertiary/aromatic N) is 1. The van der Waals surface area contributed by atoms with Crippen molar-refractivity contribution >= 4 is 0 Å². The van der Waals surface area contributed by atoms with Gasteiger partial charge in [0.15, 0.2) is 0 Å². The first-order valence-electron chi connectivity index (χ1n) is 6.11. The van der Waals surface area contributed by atoms with Crippen molar-refractivity contribution < 1.29 is 28.1 Å². The standard InChI is InChI=1S/C13H18F3NO3/c1-20-11-3-4-12(19)10(7-11)8-17(5-2-6-18)9-13(14,15)16/h3-4,7,18-19H,2,5-6,8-9H2,1H3. The lowest BCUT2D eigenvalue weighted by atomic mass is 10.1. The molecule has 4 nitrogen and oxygen atoms in total. The van der Waals surface area contributed by atoms with Crippen LogP contribution in [0.1, 0.15) is 12.0 Å². The molecule has 1 aromatic rings. The van der Waals surface area contributed by atoms with Crippen LogP contribution < -0.4 is 4.74 Å². The van der Waals surface area contributed by atoms with Gasteiger partial charge in [-0.05, 0) is 24.6 Å². The first kappa shape index (κ1) is 16.6. The highest BCUT2D eigenvalue weighted by Gasteiger charge is 2.30. The first-order chi connectivity index (χ1) is 9.35. The second kappa shape index (κ2) is 7.35. The number of aromatic hydroxyl groups is 1. The summed E-state index contributed by atoms with van der Waals surface area (Å²) in [5, 5.41) is 18.4. The Morgan fingerprint density at radius 1 is 1.30 bits per heavy atom. The highest BCUT2D eigenvalue weighted by molar-refractivity contribution is 5.39. The van der Waals surface area contributed by atoms with E-state index in [-0.39, 0.29) is 31.9 Å². The maximum atomic E-state index is 12.5. The number of methoxy groups -OCH3 is 1. The molecule has 2 N–H and O–H groups in total. The third kappa shape index (κ3) is 5.66. The van der Waals surface area contributed by atoms with E-state index in [1.54, 1.807) is 0 Å². The normalized spacial score (nSPS) is 11.9.